The van der Waals surface area contributed by atoms with Gasteiger partial charge in [0.25, 0.3) is 0 Å². The van der Waals surface area contributed by atoms with Gasteiger partial charge in [0.15, 0.2) is 0 Å². The fraction of sp³-hybridized carbons (Fsp3) is 0.364. The van der Waals surface area contributed by atoms with Crippen LogP contribution in [0.15, 0.2) is 18.2 Å². The molecule has 2 N–H and O–H groups in total. The normalized spacial score (nSPS) is 11.3. The molecule has 14 heavy (non-hydrogen) atoms. The quantitative estimate of drug-likeness (QED) is 0.816. The van der Waals surface area contributed by atoms with Gasteiger partial charge >= 0.3 is 0 Å². The van der Waals surface area contributed by atoms with Crippen molar-refractivity contribution >= 4 is 12.4 Å². The first-order valence-corrected chi connectivity index (χ1v) is 4.34. The monoisotopic (exact) mass is 210 g/mol. The zero-order valence-corrected chi connectivity index (χ0v) is 9.27. The zero-order chi connectivity index (χ0) is 9.84. The van der Waals surface area contributed by atoms with E-state index >= 15 is 0 Å². The molecule has 0 bridgehead atoms. The third-order valence-electron chi connectivity index (χ3n) is 1.98. The van der Waals surface area contributed by atoms with E-state index in [1.807, 2.05) is 26.0 Å². The van der Waals surface area contributed by atoms with E-state index in [1.165, 1.54) is 11.1 Å². The molecule has 1 aromatic carbocycles. The second-order valence-electron chi connectivity index (χ2n) is 3.39. The van der Waals surface area contributed by atoms with Crippen molar-refractivity contribution in [3.05, 3.63) is 34.9 Å². The van der Waals surface area contributed by atoms with Crippen LogP contribution in [0.2, 0.25) is 0 Å². The van der Waals surface area contributed by atoms with Crippen molar-refractivity contribution in [2.24, 2.45) is 5.73 Å². The highest BCUT2D eigenvalue weighted by atomic mass is 35.5. The summed E-state index contributed by atoms with van der Waals surface area (Å²) in [5.74, 6) is 0. The number of benzene rings is 1. The second kappa shape index (κ2) is 5.64. The molecule has 0 radical (unpaired) electrons. The lowest BCUT2D eigenvalue weighted by Gasteiger charge is -2.09. The van der Waals surface area contributed by atoms with Crippen LogP contribution in [0.25, 0.3) is 0 Å². The molecule has 0 heterocycles. The van der Waals surface area contributed by atoms with Crippen LogP contribution >= 0.6 is 12.4 Å². The van der Waals surface area contributed by atoms with Crippen molar-refractivity contribution in [3.63, 3.8) is 0 Å². The Morgan fingerprint density at radius 1 is 1.29 bits per heavy atom. The van der Waals surface area contributed by atoms with E-state index in [0.29, 0.717) is 6.42 Å². The van der Waals surface area contributed by atoms with Gasteiger partial charge in [0.2, 0.25) is 0 Å². The molecule has 1 rings (SSSR count). The summed E-state index contributed by atoms with van der Waals surface area (Å²) in [7, 11) is 0. The predicted octanol–water partition coefficient (Wildman–Crippen LogP) is 2.64. The first-order valence-electron chi connectivity index (χ1n) is 4.34. The predicted molar refractivity (Wildman–Crippen MR) is 60.3 cm³/mol. The van der Waals surface area contributed by atoms with Gasteiger partial charge in [-0.2, -0.15) is 5.26 Å². The van der Waals surface area contributed by atoms with Crippen molar-refractivity contribution in [1.29, 1.82) is 5.26 Å². The highest BCUT2D eigenvalue weighted by Crippen LogP contribution is 2.16. The van der Waals surface area contributed by atoms with Gasteiger partial charge in [-0.05, 0) is 19.4 Å². The molecular formula is C11H15ClN2. The molecule has 76 valence electrons. The molecule has 1 aromatic rings. The fourth-order valence-corrected chi connectivity index (χ4v) is 1.44. The minimum absolute atomic E-state index is 0. The Morgan fingerprint density at radius 3 is 2.21 bits per heavy atom. The van der Waals surface area contributed by atoms with E-state index in [2.05, 4.69) is 12.1 Å². The summed E-state index contributed by atoms with van der Waals surface area (Å²) >= 11 is 0. The first kappa shape index (κ1) is 13.0. The highest BCUT2D eigenvalue weighted by molar-refractivity contribution is 5.85. The van der Waals surface area contributed by atoms with Crippen LogP contribution in [0.3, 0.4) is 0 Å². The molecule has 0 aliphatic carbocycles. The maximum atomic E-state index is 8.51. The van der Waals surface area contributed by atoms with Crippen molar-refractivity contribution in [1.82, 2.24) is 0 Å². The van der Waals surface area contributed by atoms with Crippen LogP contribution in [-0.2, 0) is 0 Å². The Hall–Kier alpha value is -1.04. The highest BCUT2D eigenvalue weighted by Gasteiger charge is 2.05. The molecular weight excluding hydrogens is 196 g/mol. The van der Waals surface area contributed by atoms with Gasteiger partial charge in [0.05, 0.1) is 12.5 Å². The van der Waals surface area contributed by atoms with E-state index in [0.717, 1.165) is 5.56 Å². The Bertz CT molecular complexity index is 321. The number of hydrogen-bond acceptors (Lipinski definition) is 2. The molecule has 3 heteroatoms. The molecule has 0 fully saturated rings. The SMILES string of the molecule is Cc1cc(C)cc([C@@H](N)CC#N)c1.Cl. The van der Waals surface area contributed by atoms with Crippen molar-refractivity contribution in [2.75, 3.05) is 0 Å². The lowest BCUT2D eigenvalue weighted by molar-refractivity contribution is 0.746. The molecule has 0 aliphatic rings. The second-order valence-corrected chi connectivity index (χ2v) is 3.39. The number of nitrogens with two attached hydrogens (primary N) is 1. The topological polar surface area (TPSA) is 49.8 Å². The maximum Gasteiger partial charge on any atom is 0.0641 e. The minimum atomic E-state index is -0.149. The summed E-state index contributed by atoms with van der Waals surface area (Å²) in [4.78, 5) is 0. The first-order chi connectivity index (χ1) is 6.13. The van der Waals surface area contributed by atoms with Gasteiger partial charge in [-0.3, -0.25) is 0 Å². The van der Waals surface area contributed by atoms with Crippen LogP contribution in [-0.4, -0.2) is 0 Å². The third-order valence-corrected chi connectivity index (χ3v) is 1.98. The number of nitriles is 1. The number of aryl methyl sites for hydroxylation is 2. The van der Waals surface area contributed by atoms with E-state index < -0.39 is 0 Å². The summed E-state index contributed by atoms with van der Waals surface area (Å²) in [5, 5.41) is 8.51. The lowest BCUT2D eigenvalue weighted by Crippen LogP contribution is -2.09. The molecule has 0 aromatic heterocycles. The van der Waals surface area contributed by atoms with Crippen molar-refractivity contribution in [3.8, 4) is 6.07 Å². The summed E-state index contributed by atoms with van der Waals surface area (Å²) in [6.45, 7) is 4.07. The smallest absolute Gasteiger partial charge is 0.0641 e. The van der Waals surface area contributed by atoms with E-state index in [1.54, 1.807) is 0 Å². The maximum absolute atomic E-state index is 8.51. The fourth-order valence-electron chi connectivity index (χ4n) is 1.44. The largest absolute Gasteiger partial charge is 0.323 e. The van der Waals surface area contributed by atoms with E-state index in [-0.39, 0.29) is 18.4 Å². The van der Waals surface area contributed by atoms with Gasteiger partial charge in [-0.25, -0.2) is 0 Å². The van der Waals surface area contributed by atoms with E-state index in [4.69, 9.17) is 11.0 Å². The summed E-state index contributed by atoms with van der Waals surface area (Å²) < 4.78 is 0. The number of halogens is 1. The van der Waals surface area contributed by atoms with Crippen LogP contribution < -0.4 is 5.73 Å². The Morgan fingerprint density at radius 2 is 1.79 bits per heavy atom. The third kappa shape index (κ3) is 3.37. The van der Waals surface area contributed by atoms with Gasteiger partial charge in [0.1, 0.15) is 0 Å². The van der Waals surface area contributed by atoms with Crippen molar-refractivity contribution in [2.45, 2.75) is 26.3 Å². The van der Waals surface area contributed by atoms with Crippen LogP contribution in [0.4, 0.5) is 0 Å². The number of nitrogens with zero attached hydrogens (tertiary/aromatic N) is 1. The van der Waals surface area contributed by atoms with Gasteiger partial charge in [-0.1, -0.05) is 29.3 Å². The molecule has 0 amide bonds. The van der Waals surface area contributed by atoms with Crippen LogP contribution in [0, 0.1) is 25.2 Å². The molecule has 0 spiro atoms. The van der Waals surface area contributed by atoms with Gasteiger partial charge in [-0.15, -0.1) is 12.4 Å². The molecule has 2 nitrogen and oxygen atoms in total. The standard InChI is InChI=1S/C11H14N2.ClH/c1-8-5-9(2)7-10(6-8)11(13)3-4-12;/h5-7,11H,3,13H2,1-2H3;1H/t11-;/m0./s1. The molecule has 0 unspecified atom stereocenters. The average molecular weight is 211 g/mol. The Labute approximate surface area is 91.1 Å². The summed E-state index contributed by atoms with van der Waals surface area (Å²) in [6.07, 6.45) is 0.378. The molecule has 0 aliphatic heterocycles. The Kier molecular flexibility index (Phi) is 5.22. The Balaban J connectivity index is 0.00000169. The van der Waals surface area contributed by atoms with Crippen LogP contribution in [0.5, 0.6) is 0 Å². The average Bonchev–Trinajstić information content (AvgIpc) is 2.03. The number of rotatable bonds is 2. The van der Waals surface area contributed by atoms with Gasteiger partial charge < -0.3 is 5.73 Å². The number of hydrogen-bond donors (Lipinski definition) is 1. The van der Waals surface area contributed by atoms with Crippen LogP contribution in [0.1, 0.15) is 29.2 Å². The minimum Gasteiger partial charge on any atom is -0.323 e. The van der Waals surface area contributed by atoms with Crippen molar-refractivity contribution < 1.29 is 0 Å². The summed E-state index contributed by atoms with van der Waals surface area (Å²) in [6, 6.07) is 8.10. The lowest BCUT2D eigenvalue weighted by atomic mass is 10.0. The van der Waals surface area contributed by atoms with Gasteiger partial charge in [0, 0.05) is 6.04 Å². The molecule has 1 atom stereocenters. The molecule has 0 saturated carbocycles. The molecule has 0 saturated heterocycles. The van der Waals surface area contributed by atoms with E-state index in [9.17, 15) is 0 Å². The summed E-state index contributed by atoms with van der Waals surface area (Å²) in [5.41, 5.74) is 9.27. The zero-order valence-electron chi connectivity index (χ0n) is 8.45.